The van der Waals surface area contributed by atoms with E-state index in [4.69, 9.17) is 0 Å². The molecule has 0 spiro atoms. The molecule has 11 heavy (non-hydrogen) atoms. The van der Waals surface area contributed by atoms with Crippen LogP contribution in [0.25, 0.3) is 0 Å². The van der Waals surface area contributed by atoms with E-state index in [1.807, 2.05) is 24.3 Å². The third-order valence-corrected chi connectivity index (χ3v) is 1.51. The van der Waals surface area contributed by atoms with Crippen molar-refractivity contribution in [1.82, 2.24) is 0 Å². The molecular formula is C11H13. The highest BCUT2D eigenvalue weighted by Gasteiger charge is 1.79. The van der Waals surface area contributed by atoms with Crippen molar-refractivity contribution in [3.05, 3.63) is 48.6 Å². The summed E-state index contributed by atoms with van der Waals surface area (Å²) in [5.41, 5.74) is 0. The van der Waals surface area contributed by atoms with Crippen molar-refractivity contribution in [1.29, 1.82) is 0 Å². The number of rotatable bonds is 0. The average Bonchev–Trinajstić information content (AvgIpc) is 2.08. The Balaban J connectivity index is 2.47. The van der Waals surface area contributed by atoms with Crippen LogP contribution in [0.2, 0.25) is 0 Å². The second kappa shape index (κ2) is 5.72. The normalized spacial score (nSPS) is 29.8. The summed E-state index contributed by atoms with van der Waals surface area (Å²) in [6.07, 6.45) is 21.0. The van der Waals surface area contributed by atoms with E-state index in [0.717, 1.165) is 6.42 Å². The van der Waals surface area contributed by atoms with Gasteiger partial charge < -0.3 is 0 Å². The van der Waals surface area contributed by atoms with Crippen molar-refractivity contribution in [2.24, 2.45) is 0 Å². The van der Waals surface area contributed by atoms with Gasteiger partial charge in [-0.05, 0) is 25.3 Å². The molecular weight excluding hydrogens is 132 g/mol. The van der Waals surface area contributed by atoms with E-state index in [1.165, 1.54) is 12.8 Å². The van der Waals surface area contributed by atoms with Gasteiger partial charge >= 0.3 is 0 Å². The third-order valence-electron chi connectivity index (χ3n) is 1.51. The summed E-state index contributed by atoms with van der Waals surface area (Å²) in [6, 6.07) is 0. The Morgan fingerprint density at radius 2 is 1.82 bits per heavy atom. The first-order valence-electron chi connectivity index (χ1n) is 4.06. The molecule has 0 unspecified atom stereocenters. The Labute approximate surface area is 68.6 Å². The molecule has 1 radical (unpaired) electrons. The Hall–Kier alpha value is -1.04. The van der Waals surface area contributed by atoms with Gasteiger partial charge in [-0.1, -0.05) is 42.5 Å². The molecule has 1 aliphatic rings. The van der Waals surface area contributed by atoms with Crippen molar-refractivity contribution in [2.75, 3.05) is 0 Å². The molecule has 1 aliphatic carbocycles. The fourth-order valence-corrected chi connectivity index (χ4v) is 0.911. The number of hydrogen-bond acceptors (Lipinski definition) is 0. The second-order valence-electron chi connectivity index (χ2n) is 2.48. The van der Waals surface area contributed by atoms with E-state index < -0.39 is 0 Å². The van der Waals surface area contributed by atoms with E-state index in [-0.39, 0.29) is 0 Å². The third kappa shape index (κ3) is 4.38. The van der Waals surface area contributed by atoms with Gasteiger partial charge in [0.15, 0.2) is 0 Å². The molecule has 0 bridgehead atoms. The van der Waals surface area contributed by atoms with E-state index in [1.54, 1.807) is 0 Å². The predicted molar refractivity (Wildman–Crippen MR) is 49.1 cm³/mol. The first-order chi connectivity index (χ1) is 5.50. The minimum absolute atomic E-state index is 1.16. The van der Waals surface area contributed by atoms with Crippen LogP contribution in [0.3, 0.4) is 0 Å². The average molecular weight is 145 g/mol. The van der Waals surface area contributed by atoms with Gasteiger partial charge in [0, 0.05) is 0 Å². The molecule has 0 aromatic heterocycles. The topological polar surface area (TPSA) is 0 Å². The summed E-state index contributed by atoms with van der Waals surface area (Å²) in [5, 5.41) is 0. The molecule has 0 aromatic carbocycles. The van der Waals surface area contributed by atoms with Crippen LogP contribution in [0, 0.1) is 6.08 Å². The molecule has 0 heteroatoms. The van der Waals surface area contributed by atoms with E-state index >= 15 is 0 Å². The zero-order valence-electron chi connectivity index (χ0n) is 6.66. The lowest BCUT2D eigenvalue weighted by Crippen LogP contribution is -1.67. The zero-order valence-corrected chi connectivity index (χ0v) is 6.66. The van der Waals surface area contributed by atoms with Crippen LogP contribution in [0.4, 0.5) is 0 Å². The zero-order chi connectivity index (χ0) is 7.78. The number of hydrogen-bond donors (Lipinski definition) is 0. The molecule has 0 saturated heterocycles. The highest BCUT2D eigenvalue weighted by molar-refractivity contribution is 5.12. The number of allylic oxidation sites excluding steroid dienone is 8. The maximum absolute atomic E-state index is 3.06. The largest absolute Gasteiger partial charge is 0.0845 e. The lowest BCUT2D eigenvalue weighted by molar-refractivity contribution is 0.868. The standard InChI is InChI=1S/C11H13/c1-2-4-6-8-10-11-9-7-5-3-1/h1-5,9,11H,6,8,10H2/b3-1-,4-2-,7-5?,11-9-. The highest BCUT2D eigenvalue weighted by atomic mass is 13.9. The van der Waals surface area contributed by atoms with Gasteiger partial charge in [0.1, 0.15) is 0 Å². The summed E-state index contributed by atoms with van der Waals surface area (Å²) in [6.45, 7) is 0. The first-order valence-corrected chi connectivity index (χ1v) is 4.06. The molecule has 0 nitrogen and oxygen atoms in total. The Morgan fingerprint density at radius 3 is 2.82 bits per heavy atom. The lowest BCUT2D eigenvalue weighted by atomic mass is 10.2. The maximum atomic E-state index is 3.06. The van der Waals surface area contributed by atoms with E-state index in [2.05, 4.69) is 24.3 Å². The SMILES string of the molecule is [C]1=C\C=C/C=C\CCC\C=C/1. The molecule has 0 fully saturated rings. The Bertz CT molecular complexity index is 170. The summed E-state index contributed by atoms with van der Waals surface area (Å²) in [5.74, 6) is 0. The van der Waals surface area contributed by atoms with Crippen LogP contribution in [-0.2, 0) is 0 Å². The fraction of sp³-hybridized carbons (Fsp3) is 0.273. The smallest absolute Gasteiger partial charge is 0.0187 e. The van der Waals surface area contributed by atoms with Gasteiger partial charge in [0.25, 0.3) is 0 Å². The van der Waals surface area contributed by atoms with Crippen LogP contribution >= 0.6 is 0 Å². The molecule has 57 valence electrons. The van der Waals surface area contributed by atoms with Crippen LogP contribution in [0.15, 0.2) is 42.5 Å². The molecule has 0 atom stereocenters. The fourth-order valence-electron chi connectivity index (χ4n) is 0.911. The molecule has 1 rings (SSSR count). The minimum atomic E-state index is 1.16. The summed E-state index contributed by atoms with van der Waals surface area (Å²) >= 11 is 0. The summed E-state index contributed by atoms with van der Waals surface area (Å²) < 4.78 is 0. The van der Waals surface area contributed by atoms with Crippen molar-refractivity contribution < 1.29 is 0 Å². The molecule has 0 aromatic rings. The van der Waals surface area contributed by atoms with Crippen molar-refractivity contribution >= 4 is 0 Å². The monoisotopic (exact) mass is 145 g/mol. The quantitative estimate of drug-likeness (QED) is 0.491. The molecule has 0 saturated carbocycles. The van der Waals surface area contributed by atoms with Gasteiger partial charge in [-0.15, -0.1) is 0 Å². The van der Waals surface area contributed by atoms with Gasteiger partial charge in [-0.25, -0.2) is 0 Å². The van der Waals surface area contributed by atoms with Gasteiger partial charge in [-0.2, -0.15) is 0 Å². The predicted octanol–water partition coefficient (Wildman–Crippen LogP) is 3.20. The molecule has 0 heterocycles. The summed E-state index contributed by atoms with van der Waals surface area (Å²) in [4.78, 5) is 0. The van der Waals surface area contributed by atoms with Crippen molar-refractivity contribution in [3.8, 4) is 0 Å². The van der Waals surface area contributed by atoms with E-state index in [0.29, 0.717) is 0 Å². The molecule has 0 N–H and O–H groups in total. The van der Waals surface area contributed by atoms with Gasteiger partial charge in [0.2, 0.25) is 0 Å². The first kappa shape index (κ1) is 8.06. The van der Waals surface area contributed by atoms with Crippen LogP contribution in [-0.4, -0.2) is 0 Å². The van der Waals surface area contributed by atoms with Gasteiger partial charge in [0.05, 0.1) is 0 Å². The Morgan fingerprint density at radius 1 is 0.909 bits per heavy atom. The minimum Gasteiger partial charge on any atom is -0.0845 e. The van der Waals surface area contributed by atoms with E-state index in [9.17, 15) is 0 Å². The molecule has 0 amide bonds. The van der Waals surface area contributed by atoms with Crippen LogP contribution < -0.4 is 0 Å². The highest BCUT2D eigenvalue weighted by Crippen LogP contribution is 1.99. The second-order valence-corrected chi connectivity index (χ2v) is 2.48. The summed E-state index contributed by atoms with van der Waals surface area (Å²) in [7, 11) is 0. The van der Waals surface area contributed by atoms with Crippen LogP contribution in [0.5, 0.6) is 0 Å². The maximum Gasteiger partial charge on any atom is -0.0187 e. The van der Waals surface area contributed by atoms with Crippen LogP contribution in [0.1, 0.15) is 19.3 Å². The Kier molecular flexibility index (Phi) is 4.19. The molecule has 0 aliphatic heterocycles. The van der Waals surface area contributed by atoms with Crippen molar-refractivity contribution in [2.45, 2.75) is 19.3 Å². The van der Waals surface area contributed by atoms with Gasteiger partial charge in [-0.3, -0.25) is 0 Å². The van der Waals surface area contributed by atoms with Crippen molar-refractivity contribution in [3.63, 3.8) is 0 Å². The lowest BCUT2D eigenvalue weighted by Gasteiger charge is -1.87.